The fraction of sp³-hybridized carbons (Fsp3) is 0.588. The van der Waals surface area contributed by atoms with Gasteiger partial charge in [-0.2, -0.15) is 0 Å². The molecule has 1 amide bonds. The molecule has 0 rings (SSSR count). The maximum atomic E-state index is 13.5. The van der Waals surface area contributed by atoms with E-state index < -0.39 is 26.6 Å². The number of rotatable bonds is 52. The number of phosphoric ester groups is 1. The third-order valence-electron chi connectivity index (χ3n) is 12.4. The molecule has 0 aromatic heterocycles. The predicted octanol–water partition coefficient (Wildman–Crippen LogP) is 18.2. The highest BCUT2D eigenvalue weighted by molar-refractivity contribution is 7.45. The summed E-state index contributed by atoms with van der Waals surface area (Å²) >= 11 is 0. The number of nitrogens with zero attached hydrogens (tertiary/aromatic N) is 1. The van der Waals surface area contributed by atoms with E-state index in [4.69, 9.17) is 13.8 Å². The zero-order chi connectivity index (χ0) is 57.2. The van der Waals surface area contributed by atoms with Crippen molar-refractivity contribution in [2.24, 2.45) is 0 Å². The maximum Gasteiger partial charge on any atom is 0.306 e. The first-order valence-corrected chi connectivity index (χ1v) is 31.8. The third kappa shape index (κ3) is 56.4. The van der Waals surface area contributed by atoms with Crippen molar-refractivity contribution in [2.45, 2.75) is 219 Å². The molecule has 1 N–H and O–H groups in total. The smallest absolute Gasteiger partial charge is 0.306 e. The van der Waals surface area contributed by atoms with Gasteiger partial charge in [-0.05, 0) is 102 Å². The van der Waals surface area contributed by atoms with E-state index in [2.05, 4.69) is 111 Å². The SMILES string of the molecule is CC\C=C/C=C/C=C/C=C\C=C\C=C\CCCCCC(=O)NC(COP(=O)([O-])OCC[N+](C)(C)C)C(/C=C\CCCCCCCCCCCC)OC(=O)CCCCCC/C=C\C/C=C\C/C=C\C/C=C\C/C=C\C/C=C\CC. The summed E-state index contributed by atoms with van der Waals surface area (Å²) in [4.78, 5) is 40.0. The van der Waals surface area contributed by atoms with Crippen LogP contribution in [-0.2, 0) is 27.9 Å². The summed E-state index contributed by atoms with van der Waals surface area (Å²) in [6, 6.07) is -0.935. The molecule has 0 aromatic rings. The minimum atomic E-state index is -4.73. The molecule has 9 nitrogen and oxygen atoms in total. The van der Waals surface area contributed by atoms with E-state index in [0.29, 0.717) is 23.9 Å². The zero-order valence-corrected chi connectivity index (χ0v) is 50.9. The van der Waals surface area contributed by atoms with Crippen LogP contribution in [0.25, 0.3) is 0 Å². The molecule has 0 aliphatic heterocycles. The first-order chi connectivity index (χ1) is 37.9. The number of nitrogens with one attached hydrogen (secondary N) is 1. The van der Waals surface area contributed by atoms with Gasteiger partial charge in [0, 0.05) is 12.8 Å². The van der Waals surface area contributed by atoms with Crippen molar-refractivity contribution in [3.63, 3.8) is 0 Å². The van der Waals surface area contributed by atoms with Crippen LogP contribution in [0.15, 0.2) is 158 Å². The number of carbonyl (C=O) groups is 2. The van der Waals surface area contributed by atoms with Crippen molar-refractivity contribution in [2.75, 3.05) is 40.9 Å². The van der Waals surface area contributed by atoms with Crippen LogP contribution < -0.4 is 10.2 Å². The van der Waals surface area contributed by atoms with Crippen molar-refractivity contribution in [1.82, 2.24) is 5.32 Å². The molecule has 0 fully saturated rings. The van der Waals surface area contributed by atoms with Crippen LogP contribution in [0, 0.1) is 0 Å². The van der Waals surface area contributed by atoms with Crippen molar-refractivity contribution in [3.8, 4) is 0 Å². The molecule has 0 radical (unpaired) electrons. The Morgan fingerprint density at radius 3 is 1.40 bits per heavy atom. The van der Waals surface area contributed by atoms with Crippen LogP contribution in [0.4, 0.5) is 0 Å². The van der Waals surface area contributed by atoms with Gasteiger partial charge in [0.15, 0.2) is 0 Å². The van der Waals surface area contributed by atoms with Gasteiger partial charge in [0.05, 0.1) is 33.8 Å². The number of amides is 1. The molecule has 0 aliphatic carbocycles. The molecule has 0 aromatic carbocycles. The van der Waals surface area contributed by atoms with Gasteiger partial charge in [0.1, 0.15) is 19.3 Å². The van der Waals surface area contributed by atoms with Crippen LogP contribution >= 0.6 is 7.82 Å². The Hall–Kier alpha value is -4.37. The molecule has 0 aliphatic rings. The van der Waals surface area contributed by atoms with E-state index in [1.165, 1.54) is 51.4 Å². The Morgan fingerprint density at radius 1 is 0.474 bits per heavy atom. The summed E-state index contributed by atoms with van der Waals surface area (Å²) in [6.45, 7) is 6.49. The van der Waals surface area contributed by atoms with E-state index in [9.17, 15) is 19.0 Å². The highest BCUT2D eigenvalue weighted by Gasteiger charge is 2.27. The normalized spacial score (nSPS) is 14.8. The number of unbranched alkanes of at least 4 members (excludes halogenated alkanes) is 17. The highest BCUT2D eigenvalue weighted by Crippen LogP contribution is 2.38. The van der Waals surface area contributed by atoms with Gasteiger partial charge in [-0.25, -0.2) is 0 Å². The molecule has 0 heterocycles. The molecule has 3 atom stereocenters. The van der Waals surface area contributed by atoms with Crippen molar-refractivity contribution in [3.05, 3.63) is 158 Å². The first-order valence-electron chi connectivity index (χ1n) is 30.4. The topological polar surface area (TPSA) is 114 Å². The van der Waals surface area contributed by atoms with E-state index in [1.54, 1.807) is 6.08 Å². The molecule has 0 saturated heterocycles. The Kier molecular flexibility index (Phi) is 52.8. The summed E-state index contributed by atoms with van der Waals surface area (Å²) in [5.41, 5.74) is 0. The van der Waals surface area contributed by atoms with Crippen LogP contribution in [-0.4, -0.2) is 69.4 Å². The first kappa shape index (κ1) is 73.6. The summed E-state index contributed by atoms with van der Waals surface area (Å²) in [5.74, 6) is -0.637. The second-order valence-electron chi connectivity index (χ2n) is 20.9. The molecule has 3 unspecified atom stereocenters. The Bertz CT molecular complexity index is 1890. The fourth-order valence-corrected chi connectivity index (χ4v) is 8.45. The largest absolute Gasteiger partial charge is 0.756 e. The molecule has 0 bridgehead atoms. The molecular weight excluding hydrogens is 988 g/mol. The van der Waals surface area contributed by atoms with Gasteiger partial charge in [0.25, 0.3) is 7.82 Å². The monoisotopic (exact) mass is 1100 g/mol. The Balaban J connectivity index is 5.41. The van der Waals surface area contributed by atoms with Crippen molar-refractivity contribution >= 4 is 19.7 Å². The second-order valence-corrected chi connectivity index (χ2v) is 22.3. The van der Waals surface area contributed by atoms with Crippen molar-refractivity contribution in [1.29, 1.82) is 0 Å². The van der Waals surface area contributed by atoms with Gasteiger partial charge in [-0.3, -0.25) is 14.2 Å². The van der Waals surface area contributed by atoms with Gasteiger partial charge >= 0.3 is 5.97 Å². The average Bonchev–Trinajstić information content (AvgIpc) is 3.40. The Labute approximate surface area is 478 Å². The van der Waals surface area contributed by atoms with Crippen LogP contribution in [0.3, 0.4) is 0 Å². The molecule has 78 heavy (non-hydrogen) atoms. The number of likely N-dealkylation sites (N-methyl/N-ethyl adjacent to an activating group) is 1. The minimum absolute atomic E-state index is 0.0460. The lowest BCUT2D eigenvalue weighted by molar-refractivity contribution is -0.870. The van der Waals surface area contributed by atoms with Crippen LogP contribution in [0.5, 0.6) is 0 Å². The number of hydrogen-bond donors (Lipinski definition) is 1. The van der Waals surface area contributed by atoms with E-state index in [0.717, 1.165) is 109 Å². The molecule has 440 valence electrons. The highest BCUT2D eigenvalue weighted by atomic mass is 31.2. The number of carbonyl (C=O) groups excluding carboxylic acids is 2. The number of quaternary nitrogens is 1. The van der Waals surface area contributed by atoms with E-state index >= 15 is 0 Å². The lowest BCUT2D eigenvalue weighted by Gasteiger charge is -2.30. The number of ether oxygens (including phenoxy) is 1. The summed E-state index contributed by atoms with van der Waals surface area (Å²) < 4.78 is 30.2. The zero-order valence-electron chi connectivity index (χ0n) is 50.0. The van der Waals surface area contributed by atoms with Crippen LogP contribution in [0.2, 0.25) is 0 Å². The second kappa shape index (κ2) is 55.9. The van der Waals surface area contributed by atoms with Crippen molar-refractivity contribution < 1.29 is 37.3 Å². The molecule has 10 heteroatoms. The predicted molar refractivity (Wildman–Crippen MR) is 334 cm³/mol. The third-order valence-corrected chi connectivity index (χ3v) is 13.3. The van der Waals surface area contributed by atoms with Gasteiger partial charge in [-0.1, -0.05) is 250 Å². The van der Waals surface area contributed by atoms with Gasteiger partial charge < -0.3 is 28.5 Å². The van der Waals surface area contributed by atoms with Gasteiger partial charge in [-0.15, -0.1) is 0 Å². The molecular formula is C68H111N2O7P. The summed E-state index contributed by atoms with van der Waals surface area (Å²) in [5, 5.41) is 2.99. The molecule has 0 spiro atoms. The number of allylic oxidation sites excluding steroid dienone is 25. The summed E-state index contributed by atoms with van der Waals surface area (Å²) in [7, 11) is 1.11. The number of esters is 1. The number of hydrogen-bond acceptors (Lipinski definition) is 7. The molecule has 0 saturated carbocycles. The van der Waals surface area contributed by atoms with Crippen LogP contribution in [0.1, 0.15) is 207 Å². The van der Waals surface area contributed by atoms with Gasteiger partial charge in [0.2, 0.25) is 5.91 Å². The quantitative estimate of drug-likeness (QED) is 0.0161. The maximum absolute atomic E-state index is 13.5. The number of phosphoric acid groups is 1. The van der Waals surface area contributed by atoms with E-state index in [1.807, 2.05) is 88.0 Å². The summed E-state index contributed by atoms with van der Waals surface area (Å²) in [6.07, 6.45) is 82.1. The fourth-order valence-electron chi connectivity index (χ4n) is 7.73. The standard InChI is InChI=1S/C68H111N2O7P/c1-7-10-13-16-19-22-25-28-30-32-33-34-35-36-37-39-41-43-46-49-52-55-58-61-68(72)77-66(59-56-53-50-47-44-27-24-21-18-15-12-9-3)65(64-76-78(73,74)75-63-62-70(4,5)6)69-67(71)60-57-54-51-48-45-42-40-38-31-29-26-23-20-17-14-11-8-2/h10-11,13-14,17,19-20,22-23,26,28-31,33-34,36-38,40-43,45,56,59,65-66H,7-9,12,15-16,18,21,24-25,27,32,35,39,44,46-55,57-58,60-64H2,1-6H3,(H-,69,71,73,74)/b13-10-,14-11-,20-17+,22-19-,26-23+,30-28-,31-29-,34-33-,37-36-,40-38+,43-41-,45-42+,59-56-. The lowest BCUT2D eigenvalue weighted by atomic mass is 10.1. The minimum Gasteiger partial charge on any atom is -0.756 e. The lowest BCUT2D eigenvalue weighted by Crippen LogP contribution is -2.47. The Morgan fingerprint density at radius 2 is 0.885 bits per heavy atom. The van der Waals surface area contributed by atoms with E-state index in [-0.39, 0.29) is 31.3 Å². The average molecular weight is 1100 g/mol.